The summed E-state index contributed by atoms with van der Waals surface area (Å²) in [5, 5.41) is 2.98. The smallest absolute Gasteiger partial charge is 0.224 e. The van der Waals surface area contributed by atoms with E-state index in [4.69, 9.17) is 5.73 Å². The molecule has 1 unspecified atom stereocenters. The predicted octanol–water partition coefficient (Wildman–Crippen LogP) is 1.83. The second-order valence-electron chi connectivity index (χ2n) is 4.88. The van der Waals surface area contributed by atoms with E-state index in [-0.39, 0.29) is 11.8 Å². The quantitative estimate of drug-likeness (QED) is 0.676. The highest BCUT2D eigenvalue weighted by molar-refractivity contribution is 5.79. The van der Waals surface area contributed by atoms with Crippen LogP contribution in [-0.4, -0.2) is 19.0 Å². The first-order valence-corrected chi connectivity index (χ1v) is 6.30. The highest BCUT2D eigenvalue weighted by Gasteiger charge is 2.19. The first-order valence-electron chi connectivity index (χ1n) is 6.30. The molecule has 92 valence electrons. The number of carbonyl (C=O) groups excluding carboxylic acids is 1. The lowest BCUT2D eigenvalue weighted by Crippen LogP contribution is -2.38. The minimum absolute atomic E-state index is 0.0439. The van der Waals surface area contributed by atoms with E-state index in [2.05, 4.69) is 11.4 Å². The van der Waals surface area contributed by atoms with Gasteiger partial charge in [-0.05, 0) is 31.6 Å². The number of nitrogens with two attached hydrogens (primary N) is 1. The Labute approximate surface area is 98.5 Å². The molecule has 3 N–H and O–H groups in total. The average molecular weight is 224 g/mol. The molecule has 1 aliphatic carbocycles. The van der Waals surface area contributed by atoms with Gasteiger partial charge in [0.15, 0.2) is 0 Å². The van der Waals surface area contributed by atoms with Gasteiger partial charge in [-0.15, -0.1) is 0 Å². The maximum atomic E-state index is 11.8. The van der Waals surface area contributed by atoms with Crippen molar-refractivity contribution in [2.45, 2.75) is 39.5 Å². The van der Waals surface area contributed by atoms with Crippen molar-refractivity contribution in [2.75, 3.05) is 13.1 Å². The van der Waals surface area contributed by atoms with Gasteiger partial charge >= 0.3 is 0 Å². The van der Waals surface area contributed by atoms with Gasteiger partial charge in [-0.25, -0.2) is 0 Å². The fourth-order valence-corrected chi connectivity index (χ4v) is 2.12. The van der Waals surface area contributed by atoms with Crippen LogP contribution >= 0.6 is 0 Å². The summed E-state index contributed by atoms with van der Waals surface area (Å²) in [5.74, 6) is 0.379. The fourth-order valence-electron chi connectivity index (χ4n) is 2.12. The van der Waals surface area contributed by atoms with Crippen molar-refractivity contribution >= 4 is 5.91 Å². The van der Waals surface area contributed by atoms with Crippen molar-refractivity contribution in [3.05, 3.63) is 11.6 Å². The van der Waals surface area contributed by atoms with Crippen molar-refractivity contribution in [1.82, 2.24) is 5.32 Å². The molecule has 0 aliphatic heterocycles. The first-order chi connectivity index (χ1) is 7.65. The molecule has 1 aliphatic rings. The second-order valence-corrected chi connectivity index (χ2v) is 4.88. The van der Waals surface area contributed by atoms with Crippen LogP contribution in [0.2, 0.25) is 0 Å². The lowest BCUT2D eigenvalue weighted by molar-refractivity contribution is -0.125. The minimum atomic E-state index is -0.0439. The van der Waals surface area contributed by atoms with Crippen molar-refractivity contribution in [3.63, 3.8) is 0 Å². The number of hydrogen-bond acceptors (Lipinski definition) is 2. The fraction of sp³-hybridized carbons (Fsp3) is 0.769. The van der Waals surface area contributed by atoms with Crippen LogP contribution in [0.3, 0.4) is 0 Å². The topological polar surface area (TPSA) is 55.1 Å². The largest absolute Gasteiger partial charge is 0.355 e. The number of nitrogens with one attached hydrogen (secondary N) is 1. The van der Waals surface area contributed by atoms with E-state index >= 15 is 0 Å². The molecular formula is C13H24N2O. The first kappa shape index (κ1) is 13.2. The zero-order chi connectivity index (χ0) is 12.0. The Kier molecular flexibility index (Phi) is 5.53. The van der Waals surface area contributed by atoms with Crippen molar-refractivity contribution in [1.29, 1.82) is 0 Å². The van der Waals surface area contributed by atoms with Gasteiger partial charge in [0.2, 0.25) is 5.91 Å². The third-order valence-corrected chi connectivity index (χ3v) is 3.28. The molecule has 0 bridgehead atoms. The van der Waals surface area contributed by atoms with Gasteiger partial charge in [-0.3, -0.25) is 4.79 Å². The predicted molar refractivity (Wildman–Crippen MR) is 66.9 cm³/mol. The number of allylic oxidation sites excluding steroid dienone is 1. The molecule has 0 saturated heterocycles. The Morgan fingerprint density at radius 1 is 1.56 bits per heavy atom. The zero-order valence-electron chi connectivity index (χ0n) is 10.5. The summed E-state index contributed by atoms with van der Waals surface area (Å²) >= 11 is 0. The molecule has 0 aromatic carbocycles. The molecule has 3 heteroatoms. The van der Waals surface area contributed by atoms with Crippen molar-refractivity contribution < 1.29 is 4.79 Å². The van der Waals surface area contributed by atoms with Gasteiger partial charge in [-0.1, -0.05) is 25.5 Å². The SMILES string of the molecule is CC(C)C(CN)C(=O)NCCC1=CCCC1. The van der Waals surface area contributed by atoms with Crippen molar-refractivity contribution in [2.24, 2.45) is 17.6 Å². The summed E-state index contributed by atoms with van der Waals surface area (Å²) in [6.45, 7) is 5.27. The number of carbonyl (C=O) groups is 1. The molecule has 0 radical (unpaired) electrons. The lowest BCUT2D eigenvalue weighted by Gasteiger charge is -2.18. The second kappa shape index (κ2) is 6.69. The van der Waals surface area contributed by atoms with E-state index in [0.717, 1.165) is 13.0 Å². The Hall–Kier alpha value is -0.830. The van der Waals surface area contributed by atoms with Gasteiger partial charge in [0.1, 0.15) is 0 Å². The highest BCUT2D eigenvalue weighted by atomic mass is 16.1. The van der Waals surface area contributed by atoms with Crippen LogP contribution in [-0.2, 0) is 4.79 Å². The number of hydrogen-bond donors (Lipinski definition) is 2. The Morgan fingerprint density at radius 3 is 2.81 bits per heavy atom. The number of amides is 1. The van der Waals surface area contributed by atoms with Gasteiger partial charge < -0.3 is 11.1 Å². The maximum absolute atomic E-state index is 11.8. The summed E-state index contributed by atoms with van der Waals surface area (Å²) in [6.07, 6.45) is 7.00. The zero-order valence-corrected chi connectivity index (χ0v) is 10.5. The van der Waals surface area contributed by atoms with Crippen LogP contribution in [0, 0.1) is 11.8 Å². The maximum Gasteiger partial charge on any atom is 0.224 e. The van der Waals surface area contributed by atoms with Crippen LogP contribution in [0.4, 0.5) is 0 Å². The Balaban J connectivity index is 2.23. The monoisotopic (exact) mass is 224 g/mol. The Morgan fingerprint density at radius 2 is 2.31 bits per heavy atom. The van der Waals surface area contributed by atoms with Crippen LogP contribution in [0.1, 0.15) is 39.5 Å². The summed E-state index contributed by atoms with van der Waals surface area (Å²) in [5.41, 5.74) is 7.09. The lowest BCUT2D eigenvalue weighted by atomic mass is 9.95. The molecule has 0 aromatic rings. The average Bonchev–Trinajstić information content (AvgIpc) is 2.71. The van der Waals surface area contributed by atoms with Crippen LogP contribution < -0.4 is 11.1 Å². The van der Waals surface area contributed by atoms with Crippen LogP contribution in [0.5, 0.6) is 0 Å². The molecule has 0 heterocycles. The van der Waals surface area contributed by atoms with Gasteiger partial charge in [0.05, 0.1) is 5.92 Å². The molecule has 1 amide bonds. The van der Waals surface area contributed by atoms with Gasteiger partial charge in [-0.2, -0.15) is 0 Å². The van der Waals surface area contributed by atoms with Crippen LogP contribution in [0.25, 0.3) is 0 Å². The molecule has 0 aromatic heterocycles. The molecule has 16 heavy (non-hydrogen) atoms. The summed E-state index contributed by atoms with van der Waals surface area (Å²) in [4.78, 5) is 11.8. The van der Waals surface area contributed by atoms with E-state index in [1.54, 1.807) is 0 Å². The van der Waals surface area contributed by atoms with Crippen molar-refractivity contribution in [3.8, 4) is 0 Å². The number of rotatable bonds is 6. The molecule has 3 nitrogen and oxygen atoms in total. The summed E-state index contributed by atoms with van der Waals surface area (Å²) in [6, 6.07) is 0. The molecule has 0 fully saturated rings. The summed E-state index contributed by atoms with van der Waals surface area (Å²) < 4.78 is 0. The molecule has 1 atom stereocenters. The standard InChI is InChI=1S/C13H24N2O/c1-10(2)12(9-14)13(16)15-8-7-11-5-3-4-6-11/h5,10,12H,3-4,6-9,14H2,1-2H3,(H,15,16). The van der Waals surface area contributed by atoms with Gasteiger partial charge in [0, 0.05) is 13.1 Å². The Bertz CT molecular complexity index is 259. The molecule has 0 saturated carbocycles. The van der Waals surface area contributed by atoms with E-state index in [9.17, 15) is 4.79 Å². The van der Waals surface area contributed by atoms with E-state index in [1.165, 1.54) is 24.8 Å². The molecular weight excluding hydrogens is 200 g/mol. The minimum Gasteiger partial charge on any atom is -0.355 e. The normalized spacial score (nSPS) is 17.4. The van der Waals surface area contributed by atoms with E-state index in [0.29, 0.717) is 12.5 Å². The molecule has 1 rings (SSSR count). The third kappa shape index (κ3) is 3.97. The third-order valence-electron chi connectivity index (χ3n) is 3.28. The van der Waals surface area contributed by atoms with Gasteiger partial charge in [0.25, 0.3) is 0 Å². The summed E-state index contributed by atoms with van der Waals surface area (Å²) in [7, 11) is 0. The highest BCUT2D eigenvalue weighted by Crippen LogP contribution is 2.19. The van der Waals surface area contributed by atoms with E-state index in [1.807, 2.05) is 13.8 Å². The van der Waals surface area contributed by atoms with E-state index < -0.39 is 0 Å². The van der Waals surface area contributed by atoms with Crippen LogP contribution in [0.15, 0.2) is 11.6 Å². The molecule has 0 spiro atoms.